The highest BCUT2D eigenvalue weighted by Gasteiger charge is 2.51. The van der Waals surface area contributed by atoms with Gasteiger partial charge in [-0.25, -0.2) is 13.1 Å². The van der Waals surface area contributed by atoms with Gasteiger partial charge in [0.05, 0.1) is 15.6 Å². The zero-order valence-corrected chi connectivity index (χ0v) is 18.3. The first kappa shape index (κ1) is 26.7. The quantitative estimate of drug-likeness (QED) is 0.547. The Morgan fingerprint density at radius 2 is 1.76 bits per heavy atom. The summed E-state index contributed by atoms with van der Waals surface area (Å²) in [5, 5.41) is 12.8. The van der Waals surface area contributed by atoms with Crippen LogP contribution in [0, 0.1) is 11.3 Å². The molecule has 1 heterocycles. The molecule has 17 heteroatoms. The van der Waals surface area contributed by atoms with Crippen LogP contribution in [-0.2, 0) is 25.5 Å². The predicted molar refractivity (Wildman–Crippen MR) is 102 cm³/mol. The summed E-state index contributed by atoms with van der Waals surface area (Å²) in [7, 11) is -6.29. The number of halogens is 8. The lowest BCUT2D eigenvalue weighted by molar-refractivity contribution is -0.137. The summed E-state index contributed by atoms with van der Waals surface area (Å²) < 4.78 is 108. The van der Waals surface area contributed by atoms with Gasteiger partial charge >= 0.3 is 11.7 Å². The molecule has 2 aromatic rings. The summed E-state index contributed by atoms with van der Waals surface area (Å²) in [4.78, 5) is 10.3. The molecule has 0 radical (unpaired) electrons. The number of rotatable bonds is 6. The number of alkyl halides is 6. The van der Waals surface area contributed by atoms with Gasteiger partial charge in [0.25, 0.3) is 15.7 Å². The Labute approximate surface area is 191 Å². The number of hydrogen-bond acceptors (Lipinski definition) is 6. The minimum Gasteiger partial charge on any atom is -0.372 e. The van der Waals surface area contributed by atoms with Crippen molar-refractivity contribution in [3.8, 4) is 11.8 Å². The molecular weight excluding hydrogens is 529 g/mol. The lowest BCUT2D eigenvalue weighted by atomic mass is 10.2. The molecule has 0 unspecified atom stereocenters. The number of nitrogens with one attached hydrogen (secondary N) is 1. The van der Waals surface area contributed by atoms with Gasteiger partial charge in [-0.1, -0.05) is 23.2 Å². The normalized spacial score (nSPS) is 12.5. The molecule has 0 fully saturated rings. The van der Waals surface area contributed by atoms with Crippen molar-refractivity contribution in [2.45, 2.75) is 23.5 Å². The lowest BCUT2D eigenvalue weighted by Gasteiger charge is -2.16. The number of nitriles is 1. The molecule has 1 aromatic carbocycles. The number of amides is 1. The number of hydrogen-bond donors (Lipinski definition) is 1. The van der Waals surface area contributed by atoms with E-state index in [1.807, 2.05) is 5.32 Å². The third-order valence-electron chi connectivity index (χ3n) is 3.77. The van der Waals surface area contributed by atoms with Crippen molar-refractivity contribution in [3.05, 3.63) is 33.4 Å². The van der Waals surface area contributed by atoms with Crippen LogP contribution < -0.4 is 5.32 Å². The summed E-state index contributed by atoms with van der Waals surface area (Å²) >= 11 is 11.7. The maximum absolute atomic E-state index is 13.3. The number of carbonyl (C=O) groups is 1. The van der Waals surface area contributed by atoms with E-state index in [-0.39, 0.29) is 11.3 Å². The standard InChI is InChI=1S/C16H10Cl2F6N4O4S/c1-2-32-6-11(29)26-14-13(33(30,31)16(22,23)24)10(5-25)27-28(14)12-8(17)3-7(4-9(12)18)15(19,20)21/h3-4H,2,6H2,1H3,(H,26,29). The Balaban J connectivity index is 2.90. The van der Waals surface area contributed by atoms with Gasteiger partial charge in [-0.3, -0.25) is 4.79 Å². The number of anilines is 1. The van der Waals surface area contributed by atoms with E-state index in [2.05, 4.69) is 5.10 Å². The minimum atomic E-state index is -6.29. The first-order chi connectivity index (χ1) is 15.1. The number of sulfone groups is 1. The SMILES string of the molecule is CCOCC(=O)Nc1c(S(=O)(=O)C(F)(F)F)c(C#N)nn1-c1c(Cl)cc(C(F)(F)F)cc1Cl. The second-order valence-corrected chi connectivity index (χ2v) is 8.66. The van der Waals surface area contributed by atoms with E-state index in [0.717, 1.165) is 6.07 Å². The van der Waals surface area contributed by atoms with E-state index >= 15 is 0 Å². The fraction of sp³-hybridized carbons (Fsp3) is 0.312. The van der Waals surface area contributed by atoms with Gasteiger partial charge in [0.2, 0.25) is 0 Å². The molecule has 1 amide bonds. The summed E-state index contributed by atoms with van der Waals surface area (Å²) in [5.41, 5.74) is -9.32. The Morgan fingerprint density at radius 3 is 2.18 bits per heavy atom. The number of carbonyl (C=O) groups excluding carboxylic acids is 1. The molecule has 1 N–H and O–H groups in total. The number of nitrogens with zero attached hydrogens (tertiary/aromatic N) is 3. The van der Waals surface area contributed by atoms with E-state index < -0.39 is 71.7 Å². The van der Waals surface area contributed by atoms with E-state index in [0.29, 0.717) is 12.1 Å². The van der Waals surface area contributed by atoms with Gasteiger partial charge < -0.3 is 10.1 Å². The van der Waals surface area contributed by atoms with Crippen molar-refractivity contribution in [1.82, 2.24) is 9.78 Å². The number of benzene rings is 1. The average Bonchev–Trinajstić information content (AvgIpc) is 3.02. The average molecular weight is 539 g/mol. The van der Waals surface area contributed by atoms with Crippen molar-refractivity contribution < 1.29 is 44.3 Å². The first-order valence-electron chi connectivity index (χ1n) is 8.34. The topological polar surface area (TPSA) is 114 Å². The summed E-state index contributed by atoms with van der Waals surface area (Å²) in [6, 6.07) is 1.83. The third kappa shape index (κ3) is 5.35. The zero-order chi connectivity index (χ0) is 25.4. The highest BCUT2D eigenvalue weighted by atomic mass is 35.5. The van der Waals surface area contributed by atoms with Crippen LogP contribution in [0.4, 0.5) is 32.2 Å². The van der Waals surface area contributed by atoms with Crippen LogP contribution in [0.1, 0.15) is 18.2 Å². The maximum atomic E-state index is 13.3. The van der Waals surface area contributed by atoms with Crippen molar-refractivity contribution in [2.75, 3.05) is 18.5 Å². The van der Waals surface area contributed by atoms with E-state index in [1.54, 1.807) is 0 Å². The minimum absolute atomic E-state index is 0.000392. The van der Waals surface area contributed by atoms with Gasteiger partial charge in [-0.15, -0.1) is 0 Å². The smallest absolute Gasteiger partial charge is 0.372 e. The Hall–Kier alpha value is -2.54. The van der Waals surface area contributed by atoms with Gasteiger partial charge in [-0.05, 0) is 19.1 Å². The molecule has 0 aliphatic heterocycles. The molecule has 0 bridgehead atoms. The lowest BCUT2D eigenvalue weighted by Crippen LogP contribution is -2.27. The van der Waals surface area contributed by atoms with Crippen molar-refractivity contribution >= 4 is 44.8 Å². The van der Waals surface area contributed by atoms with Gasteiger partial charge in [0.15, 0.2) is 16.4 Å². The monoisotopic (exact) mass is 538 g/mol. The van der Waals surface area contributed by atoms with Gasteiger partial charge in [0.1, 0.15) is 18.4 Å². The molecule has 0 aliphatic rings. The van der Waals surface area contributed by atoms with Crippen LogP contribution in [0.25, 0.3) is 5.69 Å². The van der Waals surface area contributed by atoms with Crippen LogP contribution in [0.5, 0.6) is 0 Å². The molecule has 33 heavy (non-hydrogen) atoms. The second kappa shape index (κ2) is 9.37. The zero-order valence-electron chi connectivity index (χ0n) is 16.0. The number of aromatic nitrogens is 2. The van der Waals surface area contributed by atoms with E-state index in [9.17, 15) is 44.8 Å². The van der Waals surface area contributed by atoms with Crippen molar-refractivity contribution in [3.63, 3.8) is 0 Å². The summed E-state index contributed by atoms with van der Waals surface area (Å²) in [5.74, 6) is -2.39. The number of ether oxygens (including phenoxy) is 1. The molecule has 2 rings (SSSR count). The molecule has 0 aliphatic carbocycles. The van der Waals surface area contributed by atoms with Crippen molar-refractivity contribution in [1.29, 1.82) is 5.26 Å². The van der Waals surface area contributed by atoms with Crippen LogP contribution in [-0.4, -0.2) is 42.8 Å². The van der Waals surface area contributed by atoms with Crippen LogP contribution in [0.15, 0.2) is 17.0 Å². The highest BCUT2D eigenvalue weighted by Crippen LogP contribution is 2.42. The first-order valence-corrected chi connectivity index (χ1v) is 10.6. The molecule has 8 nitrogen and oxygen atoms in total. The summed E-state index contributed by atoms with van der Waals surface area (Å²) in [6.07, 6.45) is -4.91. The molecule has 0 saturated heterocycles. The molecular formula is C16H10Cl2F6N4O4S. The second-order valence-electron chi connectivity index (χ2n) is 5.97. The van der Waals surface area contributed by atoms with Crippen LogP contribution >= 0.6 is 23.2 Å². The highest BCUT2D eigenvalue weighted by molar-refractivity contribution is 7.92. The van der Waals surface area contributed by atoms with Crippen LogP contribution in [0.3, 0.4) is 0 Å². The third-order valence-corrected chi connectivity index (χ3v) is 5.88. The Kier molecular flexibility index (Phi) is 7.59. The molecule has 1 aromatic heterocycles. The fourth-order valence-corrected chi connectivity index (χ4v) is 4.02. The fourth-order valence-electron chi connectivity index (χ4n) is 2.41. The van der Waals surface area contributed by atoms with Gasteiger partial charge in [-0.2, -0.15) is 36.7 Å². The molecule has 0 atom stereocenters. The van der Waals surface area contributed by atoms with Crippen LogP contribution in [0.2, 0.25) is 10.0 Å². The molecule has 180 valence electrons. The molecule has 0 saturated carbocycles. The maximum Gasteiger partial charge on any atom is 0.502 e. The van der Waals surface area contributed by atoms with Crippen molar-refractivity contribution in [2.24, 2.45) is 0 Å². The van der Waals surface area contributed by atoms with E-state index in [1.165, 1.54) is 6.92 Å². The van der Waals surface area contributed by atoms with E-state index in [4.69, 9.17) is 27.9 Å². The predicted octanol–water partition coefficient (Wildman–Crippen LogP) is 4.34. The Morgan fingerprint density at radius 1 is 1.21 bits per heavy atom. The largest absolute Gasteiger partial charge is 0.502 e. The molecule has 0 spiro atoms. The Bertz CT molecular complexity index is 1210. The van der Waals surface area contributed by atoms with Gasteiger partial charge in [0, 0.05) is 6.61 Å². The summed E-state index contributed by atoms with van der Waals surface area (Å²) in [6.45, 7) is 0.733.